The Labute approximate surface area is 120 Å². The summed E-state index contributed by atoms with van der Waals surface area (Å²) >= 11 is 0. The first kappa shape index (κ1) is 13.2. The van der Waals surface area contributed by atoms with Crippen molar-refractivity contribution in [2.45, 2.75) is 39.4 Å². The maximum atomic E-state index is 10.6. The molecule has 104 valence electrons. The van der Waals surface area contributed by atoms with Crippen LogP contribution in [-0.4, -0.2) is 11.2 Å². The Morgan fingerprint density at radius 2 is 1.75 bits per heavy atom. The van der Waals surface area contributed by atoms with E-state index in [1.54, 1.807) is 0 Å². The van der Waals surface area contributed by atoms with Gasteiger partial charge in [-0.2, -0.15) is 0 Å². The molecule has 2 atom stereocenters. The van der Waals surface area contributed by atoms with E-state index in [4.69, 9.17) is 4.74 Å². The predicted octanol–water partition coefficient (Wildman–Crippen LogP) is 3.71. The Balaban J connectivity index is 1.95. The van der Waals surface area contributed by atoms with E-state index in [0.717, 1.165) is 23.3 Å². The summed E-state index contributed by atoms with van der Waals surface area (Å²) in [5.74, 6) is 0.953. The normalized spacial score (nSPS) is 18.5. The molecular formula is C18H20O2. The highest BCUT2D eigenvalue weighted by Crippen LogP contribution is 2.33. The van der Waals surface area contributed by atoms with Crippen LogP contribution in [0.2, 0.25) is 0 Å². The fourth-order valence-corrected chi connectivity index (χ4v) is 2.97. The Morgan fingerprint density at radius 1 is 1.05 bits per heavy atom. The molecular weight excluding hydrogens is 248 g/mol. The number of fused-ring (bicyclic) bond motifs is 1. The number of hydrogen-bond acceptors (Lipinski definition) is 2. The number of hydrogen-bond donors (Lipinski definition) is 1. The first-order valence-electron chi connectivity index (χ1n) is 7.08. The number of aliphatic hydroxyl groups is 1. The summed E-state index contributed by atoms with van der Waals surface area (Å²) in [6, 6.07) is 12.2. The van der Waals surface area contributed by atoms with Crippen LogP contribution in [0.4, 0.5) is 0 Å². The molecule has 0 aromatic heterocycles. The maximum Gasteiger partial charge on any atom is 0.123 e. The van der Waals surface area contributed by atoms with E-state index in [-0.39, 0.29) is 6.10 Å². The van der Waals surface area contributed by atoms with E-state index in [2.05, 4.69) is 32.9 Å². The standard InChI is InChI=1S/C18H20O2/c1-11-6-12(2)8-16(7-11)18(19)14-4-5-17-15(10-14)9-13(3)20-17/h4-8,10,13,18-19H,9H2,1-3H3. The number of ether oxygens (including phenoxy) is 1. The van der Waals surface area contributed by atoms with Crippen LogP contribution in [0.25, 0.3) is 0 Å². The smallest absolute Gasteiger partial charge is 0.123 e. The molecule has 2 aromatic rings. The van der Waals surface area contributed by atoms with E-state index in [0.29, 0.717) is 0 Å². The molecule has 0 saturated carbocycles. The Kier molecular flexibility index (Phi) is 3.27. The average molecular weight is 268 g/mol. The molecule has 0 fully saturated rings. The molecule has 0 saturated heterocycles. The zero-order chi connectivity index (χ0) is 14.3. The molecule has 3 rings (SSSR count). The van der Waals surface area contributed by atoms with Crippen LogP contribution in [0.15, 0.2) is 36.4 Å². The summed E-state index contributed by atoms with van der Waals surface area (Å²) in [6.45, 7) is 6.18. The monoisotopic (exact) mass is 268 g/mol. The van der Waals surface area contributed by atoms with Gasteiger partial charge < -0.3 is 9.84 Å². The van der Waals surface area contributed by atoms with Gasteiger partial charge in [0.25, 0.3) is 0 Å². The molecule has 20 heavy (non-hydrogen) atoms. The predicted molar refractivity (Wildman–Crippen MR) is 80.2 cm³/mol. The van der Waals surface area contributed by atoms with Gasteiger partial charge in [-0.3, -0.25) is 0 Å². The Morgan fingerprint density at radius 3 is 2.45 bits per heavy atom. The molecule has 0 amide bonds. The van der Waals surface area contributed by atoms with Crippen LogP contribution >= 0.6 is 0 Å². The molecule has 1 aliphatic heterocycles. The van der Waals surface area contributed by atoms with Crippen molar-refractivity contribution in [3.8, 4) is 5.75 Å². The second-order valence-corrected chi connectivity index (χ2v) is 5.82. The van der Waals surface area contributed by atoms with E-state index in [9.17, 15) is 5.11 Å². The number of aliphatic hydroxyl groups excluding tert-OH is 1. The third-order valence-electron chi connectivity index (χ3n) is 3.80. The first-order chi connectivity index (χ1) is 9.52. The van der Waals surface area contributed by atoms with Crippen molar-refractivity contribution in [2.24, 2.45) is 0 Å². The molecule has 1 N–H and O–H groups in total. The zero-order valence-corrected chi connectivity index (χ0v) is 12.2. The van der Waals surface area contributed by atoms with Crippen molar-refractivity contribution in [2.75, 3.05) is 0 Å². The second-order valence-electron chi connectivity index (χ2n) is 5.82. The zero-order valence-electron chi connectivity index (χ0n) is 12.2. The minimum atomic E-state index is -0.574. The van der Waals surface area contributed by atoms with Crippen LogP contribution in [0.1, 0.15) is 40.8 Å². The Bertz CT molecular complexity index is 626. The van der Waals surface area contributed by atoms with Crippen molar-refractivity contribution in [3.63, 3.8) is 0 Å². The molecule has 2 aromatic carbocycles. The summed E-state index contributed by atoms with van der Waals surface area (Å²) in [5.41, 5.74) is 5.44. The SMILES string of the molecule is Cc1cc(C)cc(C(O)c2ccc3c(c2)CC(C)O3)c1. The third kappa shape index (κ3) is 2.44. The second kappa shape index (κ2) is 4.95. The first-order valence-corrected chi connectivity index (χ1v) is 7.08. The van der Waals surface area contributed by atoms with Gasteiger partial charge in [0.15, 0.2) is 0 Å². The molecule has 2 heteroatoms. The molecule has 0 radical (unpaired) electrons. The van der Waals surface area contributed by atoms with Crippen molar-refractivity contribution >= 4 is 0 Å². The van der Waals surface area contributed by atoms with Gasteiger partial charge in [-0.1, -0.05) is 35.4 Å². The number of rotatable bonds is 2. The highest BCUT2D eigenvalue weighted by atomic mass is 16.5. The van der Waals surface area contributed by atoms with Gasteiger partial charge in [0.2, 0.25) is 0 Å². The summed E-state index contributed by atoms with van der Waals surface area (Å²) in [4.78, 5) is 0. The van der Waals surface area contributed by atoms with E-state index in [1.165, 1.54) is 16.7 Å². The molecule has 2 unspecified atom stereocenters. The third-order valence-corrected chi connectivity index (χ3v) is 3.80. The Hall–Kier alpha value is -1.80. The van der Waals surface area contributed by atoms with Crippen molar-refractivity contribution < 1.29 is 9.84 Å². The largest absolute Gasteiger partial charge is 0.490 e. The quantitative estimate of drug-likeness (QED) is 0.899. The van der Waals surface area contributed by atoms with Gasteiger partial charge in [-0.05, 0) is 49.6 Å². The van der Waals surface area contributed by atoms with E-state index < -0.39 is 6.10 Å². The van der Waals surface area contributed by atoms with Gasteiger partial charge in [0.1, 0.15) is 18.0 Å². The van der Waals surface area contributed by atoms with Gasteiger partial charge in [-0.15, -0.1) is 0 Å². The lowest BCUT2D eigenvalue weighted by Gasteiger charge is -2.14. The lowest BCUT2D eigenvalue weighted by Crippen LogP contribution is -2.05. The highest BCUT2D eigenvalue weighted by Gasteiger charge is 2.21. The molecule has 0 aliphatic carbocycles. The van der Waals surface area contributed by atoms with Crippen molar-refractivity contribution in [1.82, 2.24) is 0 Å². The van der Waals surface area contributed by atoms with Crippen LogP contribution in [0.3, 0.4) is 0 Å². The summed E-state index contributed by atoms with van der Waals surface area (Å²) in [6.07, 6.45) is 0.580. The maximum absolute atomic E-state index is 10.6. The highest BCUT2D eigenvalue weighted by molar-refractivity contribution is 5.44. The van der Waals surface area contributed by atoms with Crippen molar-refractivity contribution in [3.05, 3.63) is 64.2 Å². The lowest BCUT2D eigenvalue weighted by atomic mass is 9.96. The molecule has 1 heterocycles. The van der Waals surface area contributed by atoms with Crippen LogP contribution < -0.4 is 4.74 Å². The van der Waals surface area contributed by atoms with E-state index >= 15 is 0 Å². The molecule has 1 aliphatic rings. The minimum absolute atomic E-state index is 0.235. The summed E-state index contributed by atoms with van der Waals surface area (Å²) in [7, 11) is 0. The van der Waals surface area contributed by atoms with Gasteiger partial charge >= 0.3 is 0 Å². The van der Waals surface area contributed by atoms with Gasteiger partial charge in [0, 0.05) is 6.42 Å². The molecule has 2 nitrogen and oxygen atoms in total. The van der Waals surface area contributed by atoms with Crippen molar-refractivity contribution in [1.29, 1.82) is 0 Å². The molecule has 0 spiro atoms. The van der Waals surface area contributed by atoms with Crippen LogP contribution in [0.5, 0.6) is 5.75 Å². The topological polar surface area (TPSA) is 29.5 Å². The average Bonchev–Trinajstić information content (AvgIpc) is 2.75. The van der Waals surface area contributed by atoms with Gasteiger partial charge in [-0.25, -0.2) is 0 Å². The summed E-state index contributed by atoms with van der Waals surface area (Å²) < 4.78 is 5.70. The number of benzene rings is 2. The van der Waals surface area contributed by atoms with Gasteiger partial charge in [0.05, 0.1) is 0 Å². The van der Waals surface area contributed by atoms with E-state index in [1.807, 2.05) is 24.3 Å². The summed E-state index contributed by atoms with van der Waals surface area (Å²) in [5, 5.41) is 10.6. The molecule has 0 bridgehead atoms. The van der Waals surface area contributed by atoms with Crippen LogP contribution in [0, 0.1) is 13.8 Å². The van der Waals surface area contributed by atoms with Crippen LogP contribution in [-0.2, 0) is 6.42 Å². The minimum Gasteiger partial charge on any atom is -0.490 e. The lowest BCUT2D eigenvalue weighted by molar-refractivity contribution is 0.220. The fraction of sp³-hybridized carbons (Fsp3) is 0.333. The number of aryl methyl sites for hydroxylation is 2. The fourth-order valence-electron chi connectivity index (χ4n) is 2.97.